The minimum absolute atomic E-state index is 0.0462. The molecule has 1 amide bonds. The van der Waals surface area contributed by atoms with Crippen LogP contribution in [0.15, 0.2) is 0 Å². The third kappa shape index (κ3) is 3.74. The largest absolute Gasteiger partial charge is 0.468 e. The molecule has 0 radical (unpaired) electrons. The van der Waals surface area contributed by atoms with Gasteiger partial charge in [0.15, 0.2) is 0 Å². The third-order valence-electron chi connectivity index (χ3n) is 2.25. The van der Waals surface area contributed by atoms with E-state index in [-0.39, 0.29) is 24.5 Å². The summed E-state index contributed by atoms with van der Waals surface area (Å²) in [6.07, 6.45) is 2.30. The number of esters is 1. The minimum atomic E-state index is -0.297. The van der Waals surface area contributed by atoms with Crippen LogP contribution in [0.3, 0.4) is 0 Å². The maximum Gasteiger partial charge on any atom is 0.319 e. The van der Waals surface area contributed by atoms with Crippen LogP contribution in [0.2, 0.25) is 0 Å². The van der Waals surface area contributed by atoms with E-state index in [1.807, 2.05) is 0 Å². The van der Waals surface area contributed by atoms with E-state index in [4.69, 9.17) is 0 Å². The molecule has 0 aromatic rings. The topological polar surface area (TPSA) is 67.4 Å². The van der Waals surface area contributed by atoms with Gasteiger partial charge in [0.05, 0.1) is 13.7 Å². The molecule has 1 rings (SSSR count). The molecule has 0 saturated carbocycles. The van der Waals surface area contributed by atoms with Crippen LogP contribution in [0.1, 0.15) is 19.3 Å². The molecule has 80 valence electrons. The van der Waals surface area contributed by atoms with E-state index in [0.717, 1.165) is 19.4 Å². The highest BCUT2D eigenvalue weighted by molar-refractivity contribution is 5.77. The number of rotatable bonds is 3. The fourth-order valence-electron chi connectivity index (χ4n) is 1.45. The van der Waals surface area contributed by atoms with Crippen molar-refractivity contribution in [2.45, 2.75) is 25.3 Å². The summed E-state index contributed by atoms with van der Waals surface area (Å²) in [7, 11) is 1.35. The Hall–Kier alpha value is -1.10. The minimum Gasteiger partial charge on any atom is -0.468 e. The van der Waals surface area contributed by atoms with Gasteiger partial charge in [-0.05, 0) is 12.8 Å². The molecule has 0 aromatic heterocycles. The Labute approximate surface area is 83.2 Å². The highest BCUT2D eigenvalue weighted by atomic mass is 16.5. The first kappa shape index (κ1) is 11.0. The fraction of sp³-hybridized carbons (Fsp3) is 0.778. The summed E-state index contributed by atoms with van der Waals surface area (Å²) in [4.78, 5) is 22.0. The number of nitrogens with one attached hydrogen (secondary N) is 2. The predicted octanol–water partition coefficient (Wildman–Crippen LogP) is -0.582. The molecule has 1 fully saturated rings. The zero-order valence-electron chi connectivity index (χ0n) is 8.34. The Balaban J connectivity index is 2.28. The van der Waals surface area contributed by atoms with E-state index in [0.29, 0.717) is 6.42 Å². The summed E-state index contributed by atoms with van der Waals surface area (Å²) >= 11 is 0. The van der Waals surface area contributed by atoms with Crippen LogP contribution < -0.4 is 10.6 Å². The molecule has 1 heterocycles. The van der Waals surface area contributed by atoms with Crippen molar-refractivity contribution in [3.05, 3.63) is 0 Å². The van der Waals surface area contributed by atoms with Crippen molar-refractivity contribution in [2.24, 2.45) is 0 Å². The first-order chi connectivity index (χ1) is 6.72. The lowest BCUT2D eigenvalue weighted by molar-refractivity contribution is -0.139. The number of methoxy groups -OCH3 is 1. The number of amides is 1. The molecule has 1 saturated heterocycles. The van der Waals surface area contributed by atoms with E-state index in [2.05, 4.69) is 15.4 Å². The molecule has 1 unspecified atom stereocenters. The van der Waals surface area contributed by atoms with Gasteiger partial charge >= 0.3 is 5.97 Å². The second-order valence-electron chi connectivity index (χ2n) is 3.35. The predicted molar refractivity (Wildman–Crippen MR) is 50.7 cm³/mol. The normalized spacial score (nSPS) is 22.4. The molecule has 0 aromatic carbocycles. The lowest BCUT2D eigenvalue weighted by Crippen LogP contribution is -2.36. The van der Waals surface area contributed by atoms with E-state index < -0.39 is 0 Å². The Morgan fingerprint density at radius 1 is 1.71 bits per heavy atom. The maximum absolute atomic E-state index is 11.1. The summed E-state index contributed by atoms with van der Waals surface area (Å²) < 4.78 is 4.50. The van der Waals surface area contributed by atoms with Gasteiger partial charge in [0.1, 0.15) is 0 Å². The van der Waals surface area contributed by atoms with Crippen LogP contribution in [0.25, 0.3) is 0 Å². The average molecular weight is 200 g/mol. The Morgan fingerprint density at radius 3 is 3.21 bits per heavy atom. The Morgan fingerprint density at radius 2 is 2.50 bits per heavy atom. The number of ether oxygens (including phenoxy) is 1. The molecule has 0 aliphatic carbocycles. The van der Waals surface area contributed by atoms with Crippen molar-refractivity contribution in [3.8, 4) is 0 Å². The second-order valence-corrected chi connectivity index (χ2v) is 3.35. The monoisotopic (exact) mass is 200 g/mol. The van der Waals surface area contributed by atoms with Gasteiger partial charge in [-0.25, -0.2) is 0 Å². The molecule has 14 heavy (non-hydrogen) atoms. The van der Waals surface area contributed by atoms with Gasteiger partial charge in [0, 0.05) is 19.0 Å². The molecule has 0 bridgehead atoms. The van der Waals surface area contributed by atoms with Crippen molar-refractivity contribution in [2.75, 3.05) is 20.2 Å². The van der Waals surface area contributed by atoms with Gasteiger partial charge < -0.3 is 15.4 Å². The van der Waals surface area contributed by atoms with E-state index in [1.54, 1.807) is 0 Å². The summed E-state index contributed by atoms with van der Waals surface area (Å²) in [6.45, 7) is 0.906. The van der Waals surface area contributed by atoms with Gasteiger partial charge in [-0.3, -0.25) is 9.59 Å². The van der Waals surface area contributed by atoms with Crippen molar-refractivity contribution < 1.29 is 14.3 Å². The number of carbonyl (C=O) groups excluding carboxylic acids is 2. The van der Waals surface area contributed by atoms with Crippen molar-refractivity contribution in [3.63, 3.8) is 0 Å². The van der Waals surface area contributed by atoms with Gasteiger partial charge in [-0.1, -0.05) is 0 Å². The lowest BCUT2D eigenvalue weighted by Gasteiger charge is -2.13. The first-order valence-corrected chi connectivity index (χ1v) is 4.79. The van der Waals surface area contributed by atoms with Crippen LogP contribution >= 0.6 is 0 Å². The zero-order valence-corrected chi connectivity index (χ0v) is 8.34. The molecule has 5 heteroatoms. The molecule has 1 aliphatic rings. The SMILES string of the molecule is COC(=O)CNC1CCCNC(=O)C1. The van der Waals surface area contributed by atoms with Crippen LogP contribution in [0.4, 0.5) is 0 Å². The second kappa shape index (κ2) is 5.59. The summed E-state index contributed by atoms with van der Waals surface area (Å²) in [6, 6.07) is 0.0941. The average Bonchev–Trinajstić information content (AvgIpc) is 2.39. The van der Waals surface area contributed by atoms with Gasteiger partial charge in [0.2, 0.25) is 5.91 Å². The van der Waals surface area contributed by atoms with Crippen LogP contribution in [0.5, 0.6) is 0 Å². The maximum atomic E-state index is 11.1. The Kier molecular flexibility index (Phi) is 4.39. The number of carbonyl (C=O) groups is 2. The molecule has 1 aliphatic heterocycles. The van der Waals surface area contributed by atoms with Crippen molar-refractivity contribution in [1.82, 2.24) is 10.6 Å². The highest BCUT2D eigenvalue weighted by Crippen LogP contribution is 2.05. The summed E-state index contributed by atoms with van der Waals surface area (Å²) in [5, 5.41) is 5.79. The smallest absolute Gasteiger partial charge is 0.319 e. The van der Waals surface area contributed by atoms with E-state index in [9.17, 15) is 9.59 Å². The van der Waals surface area contributed by atoms with E-state index >= 15 is 0 Å². The summed E-state index contributed by atoms with van der Waals surface area (Å²) in [5.41, 5.74) is 0. The Bertz CT molecular complexity index is 218. The number of hydrogen-bond acceptors (Lipinski definition) is 4. The fourth-order valence-corrected chi connectivity index (χ4v) is 1.45. The molecular formula is C9H16N2O3. The summed E-state index contributed by atoms with van der Waals surface area (Å²) in [5.74, 6) is -0.250. The van der Waals surface area contributed by atoms with Gasteiger partial charge in [-0.2, -0.15) is 0 Å². The standard InChI is InChI=1S/C9H16N2O3/c1-14-9(13)6-11-7-3-2-4-10-8(12)5-7/h7,11H,2-6H2,1H3,(H,10,12). The first-order valence-electron chi connectivity index (χ1n) is 4.79. The molecule has 5 nitrogen and oxygen atoms in total. The van der Waals surface area contributed by atoms with Crippen molar-refractivity contribution in [1.29, 1.82) is 0 Å². The van der Waals surface area contributed by atoms with Gasteiger partial charge in [0.25, 0.3) is 0 Å². The molecule has 1 atom stereocenters. The van der Waals surface area contributed by atoms with Gasteiger partial charge in [-0.15, -0.1) is 0 Å². The zero-order chi connectivity index (χ0) is 10.4. The highest BCUT2D eigenvalue weighted by Gasteiger charge is 2.17. The van der Waals surface area contributed by atoms with Crippen molar-refractivity contribution >= 4 is 11.9 Å². The molecular weight excluding hydrogens is 184 g/mol. The van der Waals surface area contributed by atoms with E-state index in [1.165, 1.54) is 7.11 Å². The molecule has 2 N–H and O–H groups in total. The van der Waals surface area contributed by atoms with Crippen LogP contribution in [-0.2, 0) is 14.3 Å². The van der Waals surface area contributed by atoms with Crippen LogP contribution in [-0.4, -0.2) is 38.1 Å². The van der Waals surface area contributed by atoms with Crippen LogP contribution in [0, 0.1) is 0 Å². The number of hydrogen-bond donors (Lipinski definition) is 2. The lowest BCUT2D eigenvalue weighted by atomic mass is 10.1. The third-order valence-corrected chi connectivity index (χ3v) is 2.25. The quantitative estimate of drug-likeness (QED) is 0.598. The molecule has 0 spiro atoms.